The molecule has 1 aliphatic heterocycles. The third kappa shape index (κ3) is 2.95. The normalized spacial score (nSPS) is 21.8. The van der Waals surface area contributed by atoms with Gasteiger partial charge in [-0.1, -0.05) is 35.3 Å². The van der Waals surface area contributed by atoms with E-state index in [-0.39, 0.29) is 23.9 Å². The van der Waals surface area contributed by atoms with Crippen LogP contribution in [0.5, 0.6) is 0 Å². The van der Waals surface area contributed by atoms with Crippen molar-refractivity contribution in [2.45, 2.75) is 50.7 Å². The molecule has 0 radical (unpaired) electrons. The highest BCUT2D eigenvalue weighted by atomic mass is 35.5. The van der Waals surface area contributed by atoms with Crippen LogP contribution in [0.25, 0.3) is 0 Å². The van der Waals surface area contributed by atoms with Gasteiger partial charge in [0.1, 0.15) is 6.04 Å². The standard InChI is InChI=1S/C16H18Cl2N2O2/c17-12-6-1-3-10(15(12)18)9-19-16(22)13-7-8-14(21)20(13)11-4-2-5-11/h1,3,6,11,13H,2,4-5,7-9H2,(H,19,22). The summed E-state index contributed by atoms with van der Waals surface area (Å²) in [7, 11) is 0. The second kappa shape index (κ2) is 6.47. The topological polar surface area (TPSA) is 49.4 Å². The first kappa shape index (κ1) is 15.6. The first-order valence-electron chi connectivity index (χ1n) is 7.59. The number of likely N-dealkylation sites (tertiary alicyclic amines) is 1. The van der Waals surface area contributed by atoms with E-state index in [0.717, 1.165) is 24.8 Å². The lowest BCUT2D eigenvalue weighted by molar-refractivity contribution is -0.139. The predicted molar refractivity (Wildman–Crippen MR) is 85.8 cm³/mol. The average Bonchev–Trinajstić information content (AvgIpc) is 2.81. The Morgan fingerprint density at radius 2 is 2.05 bits per heavy atom. The van der Waals surface area contributed by atoms with Crippen LogP contribution in [0.3, 0.4) is 0 Å². The molecule has 4 nitrogen and oxygen atoms in total. The van der Waals surface area contributed by atoms with Crippen molar-refractivity contribution in [2.24, 2.45) is 0 Å². The van der Waals surface area contributed by atoms with Gasteiger partial charge in [-0.25, -0.2) is 0 Å². The Kier molecular flexibility index (Phi) is 4.59. The molecule has 1 heterocycles. The van der Waals surface area contributed by atoms with Crippen molar-refractivity contribution in [1.29, 1.82) is 0 Å². The van der Waals surface area contributed by atoms with Crippen molar-refractivity contribution in [1.82, 2.24) is 10.2 Å². The summed E-state index contributed by atoms with van der Waals surface area (Å²) in [6.45, 7) is 0.321. The Balaban J connectivity index is 1.64. The summed E-state index contributed by atoms with van der Waals surface area (Å²) >= 11 is 12.1. The van der Waals surface area contributed by atoms with Crippen LogP contribution in [0.4, 0.5) is 0 Å². The summed E-state index contributed by atoms with van der Waals surface area (Å²) in [6.07, 6.45) is 4.23. The molecule has 0 spiro atoms. The van der Waals surface area contributed by atoms with Crippen molar-refractivity contribution in [3.05, 3.63) is 33.8 Å². The van der Waals surface area contributed by atoms with Crippen molar-refractivity contribution in [3.8, 4) is 0 Å². The third-order valence-corrected chi connectivity index (χ3v) is 5.37. The van der Waals surface area contributed by atoms with E-state index in [9.17, 15) is 9.59 Å². The van der Waals surface area contributed by atoms with Crippen molar-refractivity contribution >= 4 is 35.0 Å². The zero-order valence-electron chi connectivity index (χ0n) is 12.1. The maximum absolute atomic E-state index is 12.4. The second-order valence-corrected chi connectivity index (χ2v) is 6.66. The molecule has 0 bridgehead atoms. The van der Waals surface area contributed by atoms with E-state index < -0.39 is 0 Å². The van der Waals surface area contributed by atoms with Gasteiger partial charge in [-0.3, -0.25) is 9.59 Å². The van der Waals surface area contributed by atoms with Crippen LogP contribution in [-0.4, -0.2) is 28.8 Å². The summed E-state index contributed by atoms with van der Waals surface area (Å²) in [5.41, 5.74) is 0.780. The lowest BCUT2D eigenvalue weighted by atomic mass is 9.91. The van der Waals surface area contributed by atoms with Crippen LogP contribution in [0, 0.1) is 0 Å². The summed E-state index contributed by atoms with van der Waals surface area (Å²) < 4.78 is 0. The Hall–Kier alpha value is -1.26. The Morgan fingerprint density at radius 3 is 2.73 bits per heavy atom. The monoisotopic (exact) mass is 340 g/mol. The van der Waals surface area contributed by atoms with Gasteiger partial charge in [0.15, 0.2) is 0 Å². The summed E-state index contributed by atoms with van der Waals surface area (Å²) in [5, 5.41) is 3.82. The molecule has 1 N–H and O–H groups in total. The van der Waals surface area contributed by atoms with E-state index in [1.165, 1.54) is 0 Å². The van der Waals surface area contributed by atoms with E-state index >= 15 is 0 Å². The van der Waals surface area contributed by atoms with Gasteiger partial charge in [0.2, 0.25) is 11.8 Å². The largest absolute Gasteiger partial charge is 0.350 e. The van der Waals surface area contributed by atoms with Crippen molar-refractivity contribution < 1.29 is 9.59 Å². The molecule has 3 rings (SSSR count). The molecule has 1 aromatic rings. The highest BCUT2D eigenvalue weighted by Gasteiger charge is 2.41. The van der Waals surface area contributed by atoms with Crippen molar-refractivity contribution in [2.75, 3.05) is 0 Å². The Bertz CT molecular complexity index is 602. The molecule has 2 amide bonds. The number of carbonyl (C=O) groups excluding carboxylic acids is 2. The molecule has 1 aromatic carbocycles. The minimum Gasteiger partial charge on any atom is -0.350 e. The van der Waals surface area contributed by atoms with Gasteiger partial charge in [-0.15, -0.1) is 0 Å². The molecular formula is C16H18Cl2N2O2. The fourth-order valence-electron chi connectivity index (χ4n) is 3.07. The maximum atomic E-state index is 12.4. The van der Waals surface area contributed by atoms with Gasteiger partial charge in [0.05, 0.1) is 10.0 Å². The van der Waals surface area contributed by atoms with Crippen LogP contribution < -0.4 is 5.32 Å². The number of carbonyl (C=O) groups is 2. The molecule has 1 aliphatic carbocycles. The van der Waals surface area contributed by atoms with Crippen molar-refractivity contribution in [3.63, 3.8) is 0 Å². The summed E-state index contributed by atoms with van der Waals surface area (Å²) in [4.78, 5) is 26.2. The number of nitrogens with zero attached hydrogens (tertiary/aromatic N) is 1. The number of nitrogens with one attached hydrogen (secondary N) is 1. The highest BCUT2D eigenvalue weighted by molar-refractivity contribution is 6.42. The molecule has 0 aromatic heterocycles. The average molecular weight is 341 g/mol. The molecule has 1 unspecified atom stereocenters. The lowest BCUT2D eigenvalue weighted by Gasteiger charge is -2.38. The quantitative estimate of drug-likeness (QED) is 0.915. The van der Waals surface area contributed by atoms with Crippen LogP contribution >= 0.6 is 23.2 Å². The number of halogens is 2. The molecule has 1 atom stereocenters. The number of hydrogen-bond acceptors (Lipinski definition) is 2. The fourth-order valence-corrected chi connectivity index (χ4v) is 3.45. The van der Waals surface area contributed by atoms with Gasteiger partial charge in [-0.2, -0.15) is 0 Å². The van der Waals surface area contributed by atoms with Crippen LogP contribution in [0.2, 0.25) is 10.0 Å². The zero-order valence-corrected chi connectivity index (χ0v) is 13.7. The molecule has 1 saturated heterocycles. The maximum Gasteiger partial charge on any atom is 0.243 e. The molecule has 1 saturated carbocycles. The van der Waals surface area contributed by atoms with Crippen LogP contribution in [0.15, 0.2) is 18.2 Å². The lowest BCUT2D eigenvalue weighted by Crippen LogP contribution is -2.51. The zero-order chi connectivity index (χ0) is 15.7. The van der Waals surface area contributed by atoms with Crippen LogP contribution in [-0.2, 0) is 16.1 Å². The Labute approximate surface area is 139 Å². The van der Waals surface area contributed by atoms with Gasteiger partial charge >= 0.3 is 0 Å². The van der Waals surface area contributed by atoms with Gasteiger partial charge in [0.25, 0.3) is 0 Å². The smallest absolute Gasteiger partial charge is 0.243 e. The number of hydrogen-bond donors (Lipinski definition) is 1. The predicted octanol–water partition coefficient (Wildman–Crippen LogP) is 3.15. The minimum atomic E-state index is -0.337. The number of benzene rings is 1. The van der Waals surface area contributed by atoms with E-state index in [1.807, 2.05) is 6.07 Å². The van der Waals surface area contributed by atoms with E-state index in [0.29, 0.717) is 29.4 Å². The summed E-state index contributed by atoms with van der Waals surface area (Å²) in [5.74, 6) is -0.000528. The SMILES string of the molecule is O=C(NCc1cccc(Cl)c1Cl)C1CCC(=O)N1C1CCC1. The highest BCUT2D eigenvalue weighted by Crippen LogP contribution is 2.32. The Morgan fingerprint density at radius 1 is 1.27 bits per heavy atom. The van der Waals surface area contributed by atoms with E-state index in [2.05, 4.69) is 5.32 Å². The van der Waals surface area contributed by atoms with Crippen LogP contribution in [0.1, 0.15) is 37.7 Å². The van der Waals surface area contributed by atoms with E-state index in [1.54, 1.807) is 17.0 Å². The second-order valence-electron chi connectivity index (χ2n) is 5.87. The first-order valence-corrected chi connectivity index (χ1v) is 8.35. The molecule has 118 valence electrons. The summed E-state index contributed by atoms with van der Waals surface area (Å²) in [6, 6.07) is 5.26. The molecule has 6 heteroatoms. The fraction of sp³-hybridized carbons (Fsp3) is 0.500. The molecule has 22 heavy (non-hydrogen) atoms. The van der Waals surface area contributed by atoms with Gasteiger partial charge < -0.3 is 10.2 Å². The van der Waals surface area contributed by atoms with Gasteiger partial charge in [0, 0.05) is 19.0 Å². The van der Waals surface area contributed by atoms with Gasteiger partial charge in [-0.05, 0) is 37.3 Å². The van der Waals surface area contributed by atoms with E-state index in [4.69, 9.17) is 23.2 Å². The first-order chi connectivity index (χ1) is 10.6. The molecule has 2 aliphatic rings. The molecule has 2 fully saturated rings. The minimum absolute atomic E-state index is 0.102. The molecular weight excluding hydrogens is 323 g/mol. The number of amides is 2. The number of rotatable bonds is 4. The third-order valence-electron chi connectivity index (χ3n) is 4.51.